The van der Waals surface area contributed by atoms with Crippen molar-refractivity contribution in [1.29, 1.82) is 0 Å². The standard InChI is InChI=1S/C19H18ClN3OS/c1-14(24)21-10-11-23-18(15-6-3-2-4-7-15)13-25-19(23)22-17-9-5-8-16(20)12-17/h2-9,12-13H,10-11H2,1H3,(H,21,24). The van der Waals surface area contributed by atoms with Gasteiger partial charge in [-0.15, -0.1) is 11.3 Å². The molecule has 0 fully saturated rings. The van der Waals surface area contributed by atoms with Gasteiger partial charge in [0.05, 0.1) is 11.4 Å². The van der Waals surface area contributed by atoms with Crippen LogP contribution >= 0.6 is 22.9 Å². The van der Waals surface area contributed by atoms with E-state index < -0.39 is 0 Å². The fraction of sp³-hybridized carbons (Fsp3) is 0.158. The minimum Gasteiger partial charge on any atom is -0.355 e. The number of thiazole rings is 1. The zero-order valence-electron chi connectivity index (χ0n) is 13.8. The van der Waals surface area contributed by atoms with Gasteiger partial charge in [0.2, 0.25) is 5.91 Å². The Kier molecular flexibility index (Phi) is 5.68. The Bertz CT molecular complexity index is 931. The molecule has 0 saturated heterocycles. The zero-order valence-corrected chi connectivity index (χ0v) is 15.3. The van der Waals surface area contributed by atoms with Crippen LogP contribution in [0.4, 0.5) is 5.69 Å². The van der Waals surface area contributed by atoms with E-state index in [2.05, 4.69) is 27.4 Å². The second kappa shape index (κ2) is 8.14. The van der Waals surface area contributed by atoms with Crippen LogP contribution in [0.25, 0.3) is 11.3 Å². The summed E-state index contributed by atoms with van der Waals surface area (Å²) in [5.41, 5.74) is 3.01. The molecule has 0 radical (unpaired) electrons. The lowest BCUT2D eigenvalue weighted by Crippen LogP contribution is -2.28. The number of nitrogens with zero attached hydrogens (tertiary/aromatic N) is 2. The molecule has 2 aromatic carbocycles. The second-order valence-corrected chi connectivity index (χ2v) is 6.77. The van der Waals surface area contributed by atoms with Crippen LogP contribution in [0, 0.1) is 0 Å². The van der Waals surface area contributed by atoms with Gasteiger partial charge < -0.3 is 9.88 Å². The van der Waals surface area contributed by atoms with Gasteiger partial charge in [0, 0.05) is 30.4 Å². The maximum atomic E-state index is 11.2. The van der Waals surface area contributed by atoms with Crippen LogP contribution < -0.4 is 10.1 Å². The summed E-state index contributed by atoms with van der Waals surface area (Å²) < 4.78 is 2.12. The van der Waals surface area contributed by atoms with Gasteiger partial charge in [0.15, 0.2) is 4.80 Å². The summed E-state index contributed by atoms with van der Waals surface area (Å²) in [6.07, 6.45) is 0. The third-order valence-corrected chi connectivity index (χ3v) is 4.71. The van der Waals surface area contributed by atoms with Crippen molar-refractivity contribution in [2.75, 3.05) is 6.54 Å². The molecule has 0 atom stereocenters. The summed E-state index contributed by atoms with van der Waals surface area (Å²) in [4.78, 5) is 16.8. The molecular weight excluding hydrogens is 354 g/mol. The fourth-order valence-corrected chi connectivity index (χ4v) is 3.61. The van der Waals surface area contributed by atoms with E-state index in [9.17, 15) is 4.79 Å². The molecule has 3 aromatic rings. The summed E-state index contributed by atoms with van der Waals surface area (Å²) >= 11 is 7.63. The Labute approximate surface area is 155 Å². The second-order valence-electron chi connectivity index (χ2n) is 5.50. The van der Waals surface area contributed by atoms with E-state index in [-0.39, 0.29) is 5.91 Å². The number of carbonyl (C=O) groups excluding carboxylic acids is 1. The molecule has 1 aromatic heterocycles. The monoisotopic (exact) mass is 371 g/mol. The van der Waals surface area contributed by atoms with Gasteiger partial charge in [-0.2, -0.15) is 0 Å². The van der Waals surface area contributed by atoms with Crippen molar-refractivity contribution in [3.05, 3.63) is 69.8 Å². The van der Waals surface area contributed by atoms with Crippen LogP contribution in [0.2, 0.25) is 5.02 Å². The predicted molar refractivity (Wildman–Crippen MR) is 103 cm³/mol. The molecule has 0 aliphatic heterocycles. The lowest BCUT2D eigenvalue weighted by molar-refractivity contribution is -0.118. The number of halogens is 1. The minimum atomic E-state index is -0.0366. The van der Waals surface area contributed by atoms with E-state index in [1.807, 2.05) is 42.5 Å². The molecule has 3 rings (SSSR count). The average molecular weight is 372 g/mol. The molecule has 0 aliphatic carbocycles. The molecule has 1 heterocycles. The molecule has 6 heteroatoms. The first-order valence-electron chi connectivity index (χ1n) is 7.92. The van der Waals surface area contributed by atoms with Gasteiger partial charge in [0.1, 0.15) is 0 Å². The number of rotatable bonds is 5. The van der Waals surface area contributed by atoms with Crippen molar-refractivity contribution >= 4 is 34.5 Å². The van der Waals surface area contributed by atoms with Gasteiger partial charge in [-0.05, 0) is 23.8 Å². The van der Waals surface area contributed by atoms with E-state index >= 15 is 0 Å². The van der Waals surface area contributed by atoms with Gasteiger partial charge in [0.25, 0.3) is 0 Å². The average Bonchev–Trinajstić information content (AvgIpc) is 2.98. The van der Waals surface area contributed by atoms with Crippen LogP contribution in [0.1, 0.15) is 6.92 Å². The Hall–Kier alpha value is -2.37. The number of carbonyl (C=O) groups is 1. The van der Waals surface area contributed by atoms with Crippen molar-refractivity contribution in [2.24, 2.45) is 4.99 Å². The minimum absolute atomic E-state index is 0.0366. The lowest BCUT2D eigenvalue weighted by Gasteiger charge is -2.09. The number of nitrogens with one attached hydrogen (secondary N) is 1. The number of aromatic nitrogens is 1. The number of hydrogen-bond donors (Lipinski definition) is 1. The first-order chi connectivity index (χ1) is 12.1. The van der Waals surface area contributed by atoms with Crippen molar-refractivity contribution in [1.82, 2.24) is 9.88 Å². The number of hydrogen-bond acceptors (Lipinski definition) is 3. The third kappa shape index (κ3) is 4.59. The highest BCUT2D eigenvalue weighted by Gasteiger charge is 2.08. The summed E-state index contributed by atoms with van der Waals surface area (Å²) in [5.74, 6) is -0.0366. The Morgan fingerprint density at radius 1 is 1.20 bits per heavy atom. The summed E-state index contributed by atoms with van der Waals surface area (Å²) in [5, 5.41) is 5.59. The van der Waals surface area contributed by atoms with Crippen LogP contribution in [0.5, 0.6) is 0 Å². The quantitative estimate of drug-likeness (QED) is 0.716. The van der Waals surface area contributed by atoms with Crippen LogP contribution in [-0.2, 0) is 11.3 Å². The summed E-state index contributed by atoms with van der Waals surface area (Å²) in [6.45, 7) is 2.72. The highest BCUT2D eigenvalue weighted by Crippen LogP contribution is 2.21. The van der Waals surface area contributed by atoms with Gasteiger partial charge in [-0.25, -0.2) is 4.99 Å². The molecule has 0 aliphatic rings. The van der Waals surface area contributed by atoms with Crippen LogP contribution in [0.3, 0.4) is 0 Å². The van der Waals surface area contributed by atoms with E-state index in [0.717, 1.165) is 21.7 Å². The molecule has 0 spiro atoms. The smallest absolute Gasteiger partial charge is 0.216 e. The zero-order chi connectivity index (χ0) is 17.6. The molecule has 0 saturated carbocycles. The first-order valence-corrected chi connectivity index (χ1v) is 9.18. The SMILES string of the molecule is CC(=O)NCCn1c(-c2ccccc2)csc1=Nc1cccc(Cl)c1. The largest absolute Gasteiger partial charge is 0.355 e. The lowest BCUT2D eigenvalue weighted by atomic mass is 10.2. The predicted octanol–water partition coefficient (Wildman–Crippen LogP) is 4.24. The third-order valence-electron chi connectivity index (χ3n) is 3.61. The summed E-state index contributed by atoms with van der Waals surface area (Å²) in [6, 6.07) is 17.6. The van der Waals surface area contributed by atoms with E-state index in [1.165, 1.54) is 6.92 Å². The van der Waals surface area contributed by atoms with Gasteiger partial charge in [-0.3, -0.25) is 4.79 Å². The van der Waals surface area contributed by atoms with Crippen molar-refractivity contribution in [2.45, 2.75) is 13.5 Å². The molecular formula is C19H18ClN3OS. The van der Waals surface area contributed by atoms with Crippen molar-refractivity contribution < 1.29 is 4.79 Å². The molecule has 128 valence electrons. The topological polar surface area (TPSA) is 46.4 Å². The van der Waals surface area contributed by atoms with E-state index in [4.69, 9.17) is 16.6 Å². The highest BCUT2D eigenvalue weighted by molar-refractivity contribution is 7.07. The maximum Gasteiger partial charge on any atom is 0.216 e. The van der Waals surface area contributed by atoms with E-state index in [0.29, 0.717) is 18.1 Å². The Morgan fingerprint density at radius 2 is 2.00 bits per heavy atom. The molecule has 0 unspecified atom stereocenters. The number of benzene rings is 2. The molecule has 0 bridgehead atoms. The van der Waals surface area contributed by atoms with Crippen molar-refractivity contribution in [3.8, 4) is 11.3 Å². The van der Waals surface area contributed by atoms with Gasteiger partial charge in [-0.1, -0.05) is 48.0 Å². The van der Waals surface area contributed by atoms with Crippen LogP contribution in [-0.4, -0.2) is 17.0 Å². The van der Waals surface area contributed by atoms with Gasteiger partial charge >= 0.3 is 0 Å². The fourth-order valence-electron chi connectivity index (χ4n) is 2.47. The van der Waals surface area contributed by atoms with Crippen molar-refractivity contribution in [3.63, 3.8) is 0 Å². The normalized spacial score (nSPS) is 11.5. The summed E-state index contributed by atoms with van der Waals surface area (Å²) in [7, 11) is 0. The Balaban J connectivity index is 2.02. The Morgan fingerprint density at radius 3 is 2.72 bits per heavy atom. The van der Waals surface area contributed by atoms with E-state index in [1.54, 1.807) is 11.3 Å². The maximum absolute atomic E-state index is 11.2. The van der Waals surface area contributed by atoms with Crippen LogP contribution in [0.15, 0.2) is 65.0 Å². The molecule has 25 heavy (non-hydrogen) atoms. The molecule has 4 nitrogen and oxygen atoms in total. The highest BCUT2D eigenvalue weighted by atomic mass is 35.5. The molecule has 1 amide bonds. The number of amides is 1. The molecule has 1 N–H and O–H groups in total. The first kappa shape index (κ1) is 17.5.